The molecule has 0 aliphatic rings. The fourth-order valence-electron chi connectivity index (χ4n) is 1.82. The van der Waals surface area contributed by atoms with Gasteiger partial charge in [0.25, 0.3) is 0 Å². The lowest BCUT2D eigenvalue weighted by molar-refractivity contribution is 0.555. The van der Waals surface area contributed by atoms with Crippen LogP contribution < -0.4 is 5.32 Å². The van der Waals surface area contributed by atoms with Crippen molar-refractivity contribution in [3.8, 4) is 0 Å². The first-order valence-electron chi connectivity index (χ1n) is 6.13. The summed E-state index contributed by atoms with van der Waals surface area (Å²) in [6.07, 6.45) is 0.802. The highest BCUT2D eigenvalue weighted by Gasteiger charge is 2.11. The van der Waals surface area contributed by atoms with E-state index in [1.165, 1.54) is 12.1 Å². The summed E-state index contributed by atoms with van der Waals surface area (Å²) < 4.78 is 27.6. The largest absolute Gasteiger partial charge is 0.381 e. The maximum Gasteiger partial charge on any atom is 0.145 e. The van der Waals surface area contributed by atoms with Gasteiger partial charge in [-0.3, -0.25) is 0 Å². The minimum absolute atomic E-state index is 0.0178. The van der Waals surface area contributed by atoms with Crippen LogP contribution in [-0.4, -0.2) is 5.88 Å². The van der Waals surface area contributed by atoms with Crippen LogP contribution in [0.2, 0.25) is 0 Å². The molecule has 0 bridgehead atoms. The van der Waals surface area contributed by atoms with Crippen LogP contribution in [0.15, 0.2) is 40.9 Å². The molecule has 20 heavy (non-hydrogen) atoms. The molecule has 2 aromatic rings. The fraction of sp³-hybridized carbons (Fsp3) is 0.200. The summed E-state index contributed by atoms with van der Waals surface area (Å²) in [5.74, 6) is -0.561. The number of halogens is 4. The molecule has 0 aliphatic carbocycles. The van der Waals surface area contributed by atoms with E-state index < -0.39 is 11.6 Å². The van der Waals surface area contributed by atoms with E-state index in [9.17, 15) is 8.78 Å². The van der Waals surface area contributed by atoms with Gasteiger partial charge in [-0.05, 0) is 52.2 Å². The molecule has 106 valence electrons. The van der Waals surface area contributed by atoms with Gasteiger partial charge in [-0.1, -0.05) is 12.1 Å². The van der Waals surface area contributed by atoms with Crippen molar-refractivity contribution in [1.29, 1.82) is 0 Å². The van der Waals surface area contributed by atoms with E-state index >= 15 is 0 Å². The minimum Gasteiger partial charge on any atom is -0.381 e. The van der Waals surface area contributed by atoms with Crippen LogP contribution in [0.1, 0.15) is 11.1 Å². The van der Waals surface area contributed by atoms with Crippen molar-refractivity contribution in [3.63, 3.8) is 0 Å². The first-order valence-corrected chi connectivity index (χ1v) is 7.45. The lowest BCUT2D eigenvalue weighted by Gasteiger charge is -2.10. The van der Waals surface area contributed by atoms with Crippen LogP contribution >= 0.6 is 27.5 Å². The molecule has 0 aliphatic heterocycles. The van der Waals surface area contributed by atoms with E-state index in [-0.39, 0.29) is 16.6 Å². The Morgan fingerprint density at radius 2 is 1.75 bits per heavy atom. The molecule has 0 atom stereocenters. The van der Waals surface area contributed by atoms with Crippen molar-refractivity contribution in [2.75, 3.05) is 11.2 Å². The molecule has 0 heterocycles. The van der Waals surface area contributed by atoms with Crippen LogP contribution in [0.5, 0.6) is 0 Å². The molecule has 0 saturated heterocycles. The predicted molar refractivity (Wildman–Crippen MR) is 82.3 cm³/mol. The Hall–Kier alpha value is -1.13. The van der Waals surface area contributed by atoms with Crippen molar-refractivity contribution >= 4 is 33.2 Å². The Bertz CT molecular complexity index is 587. The third kappa shape index (κ3) is 3.70. The highest BCUT2D eigenvalue weighted by atomic mass is 79.9. The van der Waals surface area contributed by atoms with Crippen LogP contribution in [0.3, 0.4) is 0 Å². The van der Waals surface area contributed by atoms with E-state index in [2.05, 4.69) is 21.2 Å². The van der Waals surface area contributed by atoms with Gasteiger partial charge in [-0.15, -0.1) is 11.6 Å². The van der Waals surface area contributed by atoms with E-state index in [1.54, 1.807) is 0 Å². The highest BCUT2D eigenvalue weighted by molar-refractivity contribution is 9.10. The maximum atomic E-state index is 13.8. The molecule has 2 rings (SSSR count). The van der Waals surface area contributed by atoms with Crippen LogP contribution in [0.25, 0.3) is 0 Å². The molecule has 5 heteroatoms. The molecular weight excluding hydrogens is 348 g/mol. The molecule has 0 saturated carbocycles. The number of alkyl halides is 1. The van der Waals surface area contributed by atoms with Gasteiger partial charge < -0.3 is 5.32 Å². The molecule has 0 aromatic heterocycles. The second kappa shape index (κ2) is 7.04. The van der Waals surface area contributed by atoms with Crippen molar-refractivity contribution in [2.24, 2.45) is 0 Å². The van der Waals surface area contributed by atoms with Gasteiger partial charge in [0.2, 0.25) is 0 Å². The van der Waals surface area contributed by atoms with E-state index in [1.807, 2.05) is 24.3 Å². The van der Waals surface area contributed by atoms with Gasteiger partial charge in [0.05, 0.1) is 4.47 Å². The monoisotopic (exact) mass is 359 g/mol. The first kappa shape index (κ1) is 15.3. The van der Waals surface area contributed by atoms with Gasteiger partial charge in [0.1, 0.15) is 11.6 Å². The summed E-state index contributed by atoms with van der Waals surface area (Å²) in [6.45, 7) is 0.0892. The lowest BCUT2D eigenvalue weighted by Crippen LogP contribution is -2.05. The maximum absolute atomic E-state index is 13.8. The number of anilines is 1. The molecule has 0 radical (unpaired) electrons. The van der Waals surface area contributed by atoms with E-state index in [0.29, 0.717) is 5.88 Å². The lowest BCUT2D eigenvalue weighted by atomic mass is 10.1. The Kier molecular flexibility index (Phi) is 5.38. The molecule has 2 aromatic carbocycles. The zero-order valence-electron chi connectivity index (χ0n) is 10.6. The fourth-order valence-corrected chi connectivity index (χ4v) is 2.41. The quantitative estimate of drug-likeness (QED) is 0.576. The van der Waals surface area contributed by atoms with Gasteiger partial charge in [-0.2, -0.15) is 0 Å². The average molecular weight is 361 g/mol. The Morgan fingerprint density at radius 1 is 1.05 bits per heavy atom. The number of nitrogens with one attached hydrogen (secondary N) is 1. The second-order valence-corrected chi connectivity index (χ2v) is 5.54. The Balaban J connectivity index is 2.07. The summed E-state index contributed by atoms with van der Waals surface area (Å²) in [4.78, 5) is 0. The molecule has 0 amide bonds. The Labute approximate surface area is 130 Å². The van der Waals surface area contributed by atoms with Gasteiger partial charge in [0.15, 0.2) is 0 Å². The number of hydrogen-bond donors (Lipinski definition) is 1. The molecule has 0 unspecified atom stereocenters. The number of hydrogen-bond acceptors (Lipinski definition) is 1. The summed E-state index contributed by atoms with van der Waals surface area (Å²) in [6, 6.07) is 10.2. The van der Waals surface area contributed by atoms with Crippen molar-refractivity contribution in [1.82, 2.24) is 0 Å². The summed E-state index contributed by atoms with van der Waals surface area (Å²) in [5.41, 5.74) is 1.96. The standard InChI is InChI=1S/C15H13BrClF2N/c16-13-5-6-14(18)12(15(13)19)9-20-11-3-1-10(2-4-11)7-8-17/h1-6,20H,7-9H2. The van der Waals surface area contributed by atoms with Crippen molar-refractivity contribution in [3.05, 3.63) is 63.6 Å². The molecule has 0 spiro atoms. The third-order valence-corrected chi connectivity index (χ3v) is 3.75. The topological polar surface area (TPSA) is 12.0 Å². The zero-order chi connectivity index (χ0) is 14.5. The summed E-state index contributed by atoms with van der Waals surface area (Å²) in [7, 11) is 0. The van der Waals surface area contributed by atoms with E-state index in [4.69, 9.17) is 11.6 Å². The number of rotatable bonds is 5. The van der Waals surface area contributed by atoms with Crippen LogP contribution in [0.4, 0.5) is 14.5 Å². The van der Waals surface area contributed by atoms with Crippen LogP contribution in [0, 0.1) is 11.6 Å². The van der Waals surface area contributed by atoms with Crippen molar-refractivity contribution < 1.29 is 8.78 Å². The molecule has 0 fully saturated rings. The van der Waals surface area contributed by atoms with Gasteiger partial charge in [0, 0.05) is 23.7 Å². The molecule has 1 N–H and O–H groups in total. The zero-order valence-corrected chi connectivity index (χ0v) is 12.9. The van der Waals surface area contributed by atoms with Crippen LogP contribution in [-0.2, 0) is 13.0 Å². The third-order valence-electron chi connectivity index (χ3n) is 2.95. The average Bonchev–Trinajstić information content (AvgIpc) is 2.45. The molecular formula is C15H13BrClF2N. The smallest absolute Gasteiger partial charge is 0.145 e. The minimum atomic E-state index is -0.573. The number of benzene rings is 2. The summed E-state index contributed by atoms with van der Waals surface area (Å²) in [5, 5.41) is 3.01. The van der Waals surface area contributed by atoms with Gasteiger partial charge >= 0.3 is 0 Å². The number of aryl methyl sites for hydroxylation is 1. The predicted octanol–water partition coefficient (Wildman–Crippen LogP) is 5.12. The highest BCUT2D eigenvalue weighted by Crippen LogP contribution is 2.22. The second-order valence-electron chi connectivity index (χ2n) is 4.31. The van der Waals surface area contributed by atoms with Gasteiger partial charge in [-0.25, -0.2) is 8.78 Å². The Morgan fingerprint density at radius 3 is 2.40 bits per heavy atom. The van der Waals surface area contributed by atoms with E-state index in [0.717, 1.165) is 17.7 Å². The first-order chi connectivity index (χ1) is 9.61. The summed E-state index contributed by atoms with van der Waals surface area (Å²) >= 11 is 8.71. The molecule has 1 nitrogen and oxygen atoms in total. The normalized spacial score (nSPS) is 10.6. The SMILES string of the molecule is Fc1ccc(Br)c(F)c1CNc1ccc(CCCl)cc1. The van der Waals surface area contributed by atoms with Crippen molar-refractivity contribution in [2.45, 2.75) is 13.0 Å².